The van der Waals surface area contributed by atoms with E-state index in [9.17, 15) is 53.1 Å². The third kappa shape index (κ3) is 32.5. The van der Waals surface area contributed by atoms with Crippen LogP contribution < -0.4 is 85.1 Å². The fraction of sp³-hybridized carbons (Fsp3) is 0.515. The molecule has 37 nitrogen and oxygen atoms in total. The average Bonchev–Trinajstić information content (AvgIpc) is 1.69. The highest BCUT2D eigenvalue weighted by atomic mass is 35.5. The number of aromatic nitrogens is 4. The zero-order chi connectivity index (χ0) is 100. The number of H-pyrrole nitrogens is 4. The van der Waals surface area contributed by atoms with Gasteiger partial charge in [-0.15, -0.1) is 12.4 Å². The highest BCUT2D eigenvalue weighted by Gasteiger charge is 2.41. The number of para-hydroxylation sites is 4. The van der Waals surface area contributed by atoms with E-state index in [-0.39, 0.29) is 107 Å². The molecule has 38 heteroatoms. The number of aromatic amines is 4. The Morgan fingerprint density at radius 3 is 0.832 bits per heavy atom. The Labute approximate surface area is 805 Å². The molecule has 137 heavy (non-hydrogen) atoms. The molecule has 14 atom stereocenters. The molecule has 0 bridgehead atoms. The summed E-state index contributed by atoms with van der Waals surface area (Å²) in [6, 6.07) is 11.2. The number of carbonyl (C=O) groups is 16. The molecular formula is C99H141ClN20O17. The number of rotatable bonds is 53. The minimum absolute atomic E-state index is 0. The maximum absolute atomic E-state index is 15.6. The van der Waals surface area contributed by atoms with Crippen LogP contribution in [0, 0.1) is 47.3 Å². The maximum atomic E-state index is 15.6. The van der Waals surface area contributed by atoms with Crippen molar-refractivity contribution in [3.05, 3.63) is 144 Å². The Bertz CT molecular complexity index is 5480. The number of carbonyl (C=O) groups excluding carboxylic acids is 16. The van der Waals surface area contributed by atoms with Crippen LogP contribution in [0.25, 0.3) is 43.6 Å². The number of benzene rings is 4. The van der Waals surface area contributed by atoms with Gasteiger partial charge in [-0.05, 0) is 133 Å². The molecule has 746 valence electrons. The van der Waals surface area contributed by atoms with Crippen molar-refractivity contribution in [1.82, 2.24) is 105 Å². The van der Waals surface area contributed by atoms with Crippen LogP contribution in [-0.2, 0) is 102 Å². The smallest absolute Gasteiger partial charge is 0.243 e. The van der Waals surface area contributed by atoms with E-state index in [1.807, 2.05) is 133 Å². The molecule has 21 N–H and O–H groups in total. The zero-order valence-electron chi connectivity index (χ0n) is 81.5. The van der Waals surface area contributed by atoms with Gasteiger partial charge in [0.2, 0.25) is 95.0 Å². The minimum Gasteiger partial charge on any atom is -0.395 e. The lowest BCUT2D eigenvalue weighted by atomic mass is 9.97. The molecule has 8 aromatic rings. The molecule has 0 fully saturated rings. The van der Waals surface area contributed by atoms with E-state index < -0.39 is 197 Å². The summed E-state index contributed by atoms with van der Waals surface area (Å²) in [6.07, 6.45) is 7.01. The lowest BCUT2D eigenvalue weighted by molar-refractivity contribution is -0.137. The van der Waals surface area contributed by atoms with Gasteiger partial charge in [0.1, 0.15) is 84.6 Å². The second-order valence-corrected chi connectivity index (χ2v) is 38.2. The number of aliphatic hydroxyl groups excluding tert-OH is 1. The summed E-state index contributed by atoms with van der Waals surface area (Å²) in [7, 11) is 0. The quantitative estimate of drug-likeness (QED) is 0.0228. The molecule has 0 unspecified atom stereocenters. The predicted octanol–water partition coefficient (Wildman–Crippen LogP) is 4.79. The molecule has 0 saturated heterocycles. The van der Waals surface area contributed by atoms with Crippen LogP contribution in [0.1, 0.15) is 173 Å². The normalized spacial score (nSPS) is 14.6. The van der Waals surface area contributed by atoms with Crippen LogP contribution in [0.5, 0.6) is 0 Å². The van der Waals surface area contributed by atoms with E-state index in [1.165, 1.54) is 13.8 Å². The topological polar surface area (TPSA) is 549 Å². The molecule has 0 radical (unpaired) electrons. The molecule has 4 aromatic carbocycles. The fourth-order valence-electron chi connectivity index (χ4n) is 16.3. The summed E-state index contributed by atoms with van der Waals surface area (Å²) in [6.45, 7) is 29.7. The van der Waals surface area contributed by atoms with E-state index in [1.54, 1.807) is 100 Å². The summed E-state index contributed by atoms with van der Waals surface area (Å²) in [4.78, 5) is 241. The number of fused-ring (bicyclic) bond motifs is 4. The van der Waals surface area contributed by atoms with Gasteiger partial charge in [-0.2, -0.15) is 0 Å². The van der Waals surface area contributed by atoms with Crippen molar-refractivity contribution >= 4 is 151 Å². The zero-order valence-corrected chi connectivity index (χ0v) is 82.3. The molecule has 4 aromatic heterocycles. The van der Waals surface area contributed by atoms with E-state index in [0.717, 1.165) is 27.4 Å². The van der Waals surface area contributed by atoms with E-state index in [4.69, 9.17) is 0 Å². The average molecular weight is 1920 g/mol. The van der Waals surface area contributed by atoms with E-state index in [2.05, 4.69) is 105 Å². The van der Waals surface area contributed by atoms with E-state index in [0.29, 0.717) is 44.9 Å². The van der Waals surface area contributed by atoms with E-state index >= 15 is 28.8 Å². The van der Waals surface area contributed by atoms with Crippen molar-refractivity contribution in [3.63, 3.8) is 0 Å². The second-order valence-electron chi connectivity index (χ2n) is 38.2. The van der Waals surface area contributed by atoms with Crippen molar-refractivity contribution in [2.75, 3.05) is 19.7 Å². The van der Waals surface area contributed by atoms with Gasteiger partial charge in [-0.25, -0.2) is 0 Å². The van der Waals surface area contributed by atoms with Gasteiger partial charge in [0.25, 0.3) is 0 Å². The number of nitrogens with one attached hydrogen (secondary N) is 20. The van der Waals surface area contributed by atoms with Crippen LogP contribution in [0.4, 0.5) is 0 Å². The number of hydrogen-bond donors (Lipinski definition) is 21. The lowest BCUT2D eigenvalue weighted by Gasteiger charge is -2.31. The van der Waals surface area contributed by atoms with Gasteiger partial charge < -0.3 is 110 Å². The van der Waals surface area contributed by atoms with Gasteiger partial charge in [0.05, 0.1) is 13.2 Å². The molecule has 0 aliphatic heterocycles. The molecule has 0 aliphatic rings. The first-order valence-corrected chi connectivity index (χ1v) is 47.0. The third-order valence-electron chi connectivity index (χ3n) is 23.6. The third-order valence-corrected chi connectivity index (χ3v) is 23.6. The Hall–Kier alpha value is -13.2. The monoisotopic (exact) mass is 1920 g/mol. The number of hydrogen-bond acceptors (Lipinski definition) is 17. The second kappa shape index (κ2) is 52.8. The standard InChI is InChI=1S/C99H140N20O17.ClH/c1-51(2)37-73(109-86(123)59(17)107-81(122)49-105-96(133)82(55(9)10)106-50-121)89(126)108-60(18)87(124)117-84(57(13)14)98(135)119-85(58(15)16)99(136)118-83(56(11)12)97(134)116-80(44-64-48-104-72-34-26-22-30-68(64)72)95(132)112-76(40-54(7)8)92(129)115-79(43-63-47-103-71-33-25-21-29-67(63)71)94(131)111-75(39-53(5)6)91(128)114-78(42-62-46-102-70-32-24-20-28-66(62)70)93(130)110-74(38-52(3)4)90(127)113-77(88(125)100-35-36-120)41-61-45-101-69-31-23-19-27-65(61)69;/h19-34,45-48,50-60,73-80,82-85,101-104,120H,35-44,49H2,1-18H3,(H,100,125)(H,105,133)(H,106,121)(H,107,122)(H,108,126)(H,109,123)(H,110,130)(H,111,131)(H,112,132)(H,113,127)(H,114,128)(H,115,129)(H,116,134)(H,117,124)(H,118,136)(H,119,135);1H/t59-,60-,73+,74+,75+,76+,77-,78-,79-,80-,82-,83-,84+,85-;/m0./s1. The van der Waals surface area contributed by atoms with Crippen LogP contribution in [-0.4, -0.2) is 224 Å². The minimum atomic E-state index is -1.48. The Morgan fingerprint density at radius 2 is 0.533 bits per heavy atom. The first-order valence-electron chi connectivity index (χ1n) is 47.0. The van der Waals surface area contributed by atoms with Crippen molar-refractivity contribution in [2.24, 2.45) is 47.3 Å². The first-order chi connectivity index (χ1) is 64.4. The molecule has 0 aliphatic carbocycles. The highest BCUT2D eigenvalue weighted by Crippen LogP contribution is 2.26. The summed E-state index contributed by atoms with van der Waals surface area (Å²) < 4.78 is 0. The van der Waals surface area contributed by atoms with Gasteiger partial charge >= 0.3 is 0 Å². The van der Waals surface area contributed by atoms with Crippen LogP contribution in [0.15, 0.2) is 122 Å². The Kier molecular flexibility index (Phi) is 42.7. The summed E-state index contributed by atoms with van der Waals surface area (Å²) in [5.74, 6) is -14.6. The lowest BCUT2D eigenvalue weighted by Crippen LogP contribution is -2.62. The molecule has 16 amide bonds. The molecule has 8 rings (SSSR count). The number of halogens is 1. The molecular weight excluding hydrogens is 1780 g/mol. The Morgan fingerprint density at radius 1 is 0.285 bits per heavy atom. The van der Waals surface area contributed by atoms with Gasteiger partial charge in [0.15, 0.2) is 0 Å². The Balaban J connectivity index is 0.0000256. The molecule has 0 spiro atoms. The van der Waals surface area contributed by atoms with Crippen LogP contribution >= 0.6 is 12.4 Å². The van der Waals surface area contributed by atoms with Crippen LogP contribution in [0.2, 0.25) is 0 Å². The van der Waals surface area contributed by atoms with Crippen molar-refractivity contribution < 1.29 is 81.8 Å². The number of amides is 16. The number of aliphatic hydroxyl groups is 1. The summed E-state index contributed by atoms with van der Waals surface area (Å²) >= 11 is 0. The SMILES string of the molecule is CC(C)C[C@@H](NC(=O)[C@H](C)NC(=O)CNC(=O)[C@@H](NC=O)C(C)C)C(=O)N[C@@H](C)C(=O)N[C@@H](C(=O)N[C@H](C(=O)N[C@H](C(=O)N[C@@H](Cc1c[nH]c2ccccc12)C(=O)N[C@H](CC(C)C)C(=O)N[C@@H](Cc1c[nH]c2ccccc12)C(=O)N[C@H](CC(C)C)C(=O)N[C@@H](Cc1c[nH]c2ccccc12)C(=O)N[C@H](CC(C)C)C(=O)N[C@@H](Cc1c[nH]c2ccccc12)C(=O)NCCO)C(C)C)C(C)C)C(C)C.Cl. The van der Waals surface area contributed by atoms with Gasteiger partial charge in [-0.1, -0.05) is 184 Å². The van der Waals surface area contributed by atoms with Crippen molar-refractivity contribution in [2.45, 2.75) is 261 Å². The van der Waals surface area contributed by atoms with Crippen molar-refractivity contribution in [1.29, 1.82) is 0 Å². The molecule has 4 heterocycles. The van der Waals surface area contributed by atoms with Gasteiger partial charge in [-0.3, -0.25) is 76.7 Å². The predicted molar refractivity (Wildman–Crippen MR) is 525 cm³/mol. The van der Waals surface area contributed by atoms with Gasteiger partial charge in [0, 0.05) is 101 Å². The first kappa shape index (κ1) is 111. The highest BCUT2D eigenvalue weighted by molar-refractivity contribution is 6.02. The maximum Gasteiger partial charge on any atom is 0.243 e. The summed E-state index contributed by atoms with van der Waals surface area (Å²) in [5, 5.41) is 56.5. The summed E-state index contributed by atoms with van der Waals surface area (Å²) in [5.41, 5.74) is 5.50. The van der Waals surface area contributed by atoms with Crippen LogP contribution in [0.3, 0.4) is 0 Å². The fourth-order valence-corrected chi connectivity index (χ4v) is 16.3. The molecule has 0 saturated carbocycles. The van der Waals surface area contributed by atoms with Crippen molar-refractivity contribution in [3.8, 4) is 0 Å². The largest absolute Gasteiger partial charge is 0.395 e.